The van der Waals surface area contributed by atoms with Crippen molar-refractivity contribution in [3.63, 3.8) is 0 Å². The summed E-state index contributed by atoms with van der Waals surface area (Å²) in [4.78, 5) is 10.7. The molecular weight excluding hydrogens is 222 g/mol. The molecule has 0 aliphatic carbocycles. The van der Waals surface area contributed by atoms with E-state index in [4.69, 9.17) is 11.6 Å². The molecule has 1 atom stereocenters. The van der Waals surface area contributed by atoms with Crippen LogP contribution in [0.2, 0.25) is 5.02 Å². The summed E-state index contributed by atoms with van der Waals surface area (Å²) in [5.41, 5.74) is 3.26. The molecule has 1 N–H and O–H groups in total. The first-order valence-electron chi connectivity index (χ1n) is 5.40. The van der Waals surface area contributed by atoms with Gasteiger partial charge in [0.1, 0.15) is 6.29 Å². The quantitative estimate of drug-likeness (QED) is 0.817. The third kappa shape index (κ3) is 2.12. The second-order valence-electron chi connectivity index (χ2n) is 4.04. The maximum Gasteiger partial charge on any atom is 0.127 e. The van der Waals surface area contributed by atoms with Crippen LogP contribution in [0.1, 0.15) is 30.4 Å². The van der Waals surface area contributed by atoms with Gasteiger partial charge in [-0.3, -0.25) is 0 Å². The second kappa shape index (κ2) is 4.71. The Bertz CT molecular complexity index is 440. The SMILES string of the molecule is CC(C=O)c1ccc(C2=CNCC2)c(Cl)c1. The average molecular weight is 236 g/mol. The van der Waals surface area contributed by atoms with Crippen molar-refractivity contribution in [2.45, 2.75) is 19.3 Å². The first-order chi connectivity index (χ1) is 7.72. The summed E-state index contributed by atoms with van der Waals surface area (Å²) in [7, 11) is 0. The first-order valence-corrected chi connectivity index (χ1v) is 5.77. The van der Waals surface area contributed by atoms with Gasteiger partial charge in [-0.2, -0.15) is 0 Å². The number of carbonyl (C=O) groups excluding carboxylic acids is 1. The van der Waals surface area contributed by atoms with E-state index in [1.165, 1.54) is 5.57 Å². The zero-order chi connectivity index (χ0) is 11.5. The fourth-order valence-electron chi connectivity index (χ4n) is 1.84. The Labute approximate surface area is 100 Å². The lowest BCUT2D eigenvalue weighted by Crippen LogP contribution is -1.96. The van der Waals surface area contributed by atoms with E-state index in [0.717, 1.165) is 35.4 Å². The standard InChI is InChI=1S/C13H14ClNO/c1-9(8-16)10-2-3-12(13(14)6-10)11-4-5-15-7-11/h2-3,6-9,15H,4-5H2,1H3. The molecule has 0 saturated carbocycles. The van der Waals surface area contributed by atoms with E-state index in [1.54, 1.807) is 0 Å². The van der Waals surface area contributed by atoms with Gasteiger partial charge in [-0.15, -0.1) is 0 Å². The van der Waals surface area contributed by atoms with Crippen LogP contribution in [-0.4, -0.2) is 12.8 Å². The molecule has 1 unspecified atom stereocenters. The van der Waals surface area contributed by atoms with E-state index in [1.807, 2.05) is 31.3 Å². The topological polar surface area (TPSA) is 29.1 Å². The van der Waals surface area contributed by atoms with Crippen molar-refractivity contribution in [3.05, 3.63) is 40.5 Å². The second-order valence-corrected chi connectivity index (χ2v) is 4.44. The van der Waals surface area contributed by atoms with Crippen LogP contribution in [0, 0.1) is 0 Å². The molecule has 1 aliphatic rings. The van der Waals surface area contributed by atoms with E-state index >= 15 is 0 Å². The van der Waals surface area contributed by atoms with E-state index < -0.39 is 0 Å². The van der Waals surface area contributed by atoms with Crippen molar-refractivity contribution in [1.82, 2.24) is 5.32 Å². The van der Waals surface area contributed by atoms with E-state index in [9.17, 15) is 4.79 Å². The number of benzene rings is 1. The molecule has 16 heavy (non-hydrogen) atoms. The van der Waals surface area contributed by atoms with Crippen molar-refractivity contribution in [3.8, 4) is 0 Å². The average Bonchev–Trinajstić information content (AvgIpc) is 2.81. The van der Waals surface area contributed by atoms with Gasteiger partial charge in [0.2, 0.25) is 0 Å². The van der Waals surface area contributed by atoms with Crippen LogP contribution in [0.5, 0.6) is 0 Å². The van der Waals surface area contributed by atoms with Gasteiger partial charge in [0, 0.05) is 23.7 Å². The fraction of sp³-hybridized carbons (Fsp3) is 0.308. The Balaban J connectivity index is 2.33. The molecule has 1 heterocycles. The summed E-state index contributed by atoms with van der Waals surface area (Å²) in [5, 5.41) is 3.89. The number of nitrogens with one attached hydrogen (secondary N) is 1. The molecule has 0 bridgehead atoms. The molecule has 0 spiro atoms. The molecule has 0 radical (unpaired) electrons. The molecule has 0 amide bonds. The van der Waals surface area contributed by atoms with Gasteiger partial charge in [0.05, 0.1) is 0 Å². The van der Waals surface area contributed by atoms with Crippen molar-refractivity contribution in [2.75, 3.05) is 6.54 Å². The predicted molar refractivity (Wildman–Crippen MR) is 66.5 cm³/mol. The molecule has 1 aromatic rings. The van der Waals surface area contributed by atoms with Crippen molar-refractivity contribution < 1.29 is 4.79 Å². The van der Waals surface area contributed by atoms with Gasteiger partial charge in [-0.1, -0.05) is 30.7 Å². The number of aldehydes is 1. The molecular formula is C13H14ClNO. The lowest BCUT2D eigenvalue weighted by molar-refractivity contribution is -0.108. The van der Waals surface area contributed by atoms with Gasteiger partial charge in [0.25, 0.3) is 0 Å². The molecule has 1 aromatic carbocycles. The highest BCUT2D eigenvalue weighted by Crippen LogP contribution is 2.30. The highest BCUT2D eigenvalue weighted by Gasteiger charge is 2.12. The van der Waals surface area contributed by atoms with Gasteiger partial charge in [0.15, 0.2) is 0 Å². The molecule has 0 aromatic heterocycles. The molecule has 84 valence electrons. The van der Waals surface area contributed by atoms with Gasteiger partial charge in [-0.25, -0.2) is 0 Å². The maximum absolute atomic E-state index is 10.7. The van der Waals surface area contributed by atoms with Crippen molar-refractivity contribution in [1.29, 1.82) is 0 Å². The van der Waals surface area contributed by atoms with Gasteiger partial charge < -0.3 is 10.1 Å². The molecule has 1 aliphatic heterocycles. The summed E-state index contributed by atoms with van der Waals surface area (Å²) in [5.74, 6) is -0.0952. The largest absolute Gasteiger partial charge is 0.390 e. The smallest absolute Gasteiger partial charge is 0.127 e. The van der Waals surface area contributed by atoms with E-state index in [2.05, 4.69) is 5.32 Å². The van der Waals surface area contributed by atoms with Crippen LogP contribution in [0.4, 0.5) is 0 Å². The summed E-state index contributed by atoms with van der Waals surface area (Å²) < 4.78 is 0. The van der Waals surface area contributed by atoms with Crippen molar-refractivity contribution >= 4 is 23.5 Å². The molecule has 2 rings (SSSR count). The summed E-state index contributed by atoms with van der Waals surface area (Å²) in [6.45, 7) is 2.84. The minimum Gasteiger partial charge on any atom is -0.390 e. The van der Waals surface area contributed by atoms with Crippen LogP contribution in [-0.2, 0) is 4.79 Å². The summed E-state index contributed by atoms with van der Waals surface area (Å²) >= 11 is 6.23. The molecule has 2 nitrogen and oxygen atoms in total. The Morgan fingerprint density at radius 2 is 2.31 bits per heavy atom. The highest BCUT2D eigenvalue weighted by molar-refractivity contribution is 6.32. The van der Waals surface area contributed by atoms with Crippen LogP contribution in [0.3, 0.4) is 0 Å². The van der Waals surface area contributed by atoms with E-state index in [-0.39, 0.29) is 5.92 Å². The lowest BCUT2D eigenvalue weighted by atomic mass is 9.98. The number of halogens is 1. The first kappa shape index (κ1) is 11.2. The Kier molecular flexibility index (Phi) is 3.30. The minimum absolute atomic E-state index is 0.0952. The number of rotatable bonds is 3. The molecule has 3 heteroatoms. The number of hydrogen-bond acceptors (Lipinski definition) is 2. The Morgan fingerprint density at radius 1 is 1.50 bits per heavy atom. The molecule has 0 saturated heterocycles. The van der Waals surface area contributed by atoms with Crippen LogP contribution in [0.15, 0.2) is 24.4 Å². The number of carbonyl (C=O) groups is 1. The number of hydrogen-bond donors (Lipinski definition) is 1. The van der Waals surface area contributed by atoms with Crippen LogP contribution in [0.25, 0.3) is 5.57 Å². The Morgan fingerprint density at radius 3 is 2.88 bits per heavy atom. The van der Waals surface area contributed by atoms with Crippen LogP contribution < -0.4 is 5.32 Å². The lowest BCUT2D eigenvalue weighted by Gasteiger charge is -2.09. The maximum atomic E-state index is 10.7. The normalized spacial score (nSPS) is 16.5. The zero-order valence-corrected chi connectivity index (χ0v) is 9.92. The third-order valence-electron chi connectivity index (χ3n) is 2.88. The zero-order valence-electron chi connectivity index (χ0n) is 9.16. The van der Waals surface area contributed by atoms with Crippen molar-refractivity contribution in [2.24, 2.45) is 0 Å². The van der Waals surface area contributed by atoms with E-state index in [0.29, 0.717) is 0 Å². The predicted octanol–water partition coefficient (Wildman–Crippen LogP) is 2.98. The Hall–Kier alpha value is -1.28. The summed E-state index contributed by atoms with van der Waals surface area (Å²) in [6, 6.07) is 5.85. The highest BCUT2D eigenvalue weighted by atomic mass is 35.5. The minimum atomic E-state index is -0.0952. The monoisotopic (exact) mass is 235 g/mol. The summed E-state index contributed by atoms with van der Waals surface area (Å²) in [6.07, 6.45) is 3.94. The van der Waals surface area contributed by atoms with Gasteiger partial charge in [-0.05, 0) is 29.2 Å². The van der Waals surface area contributed by atoms with Gasteiger partial charge >= 0.3 is 0 Å². The fourth-order valence-corrected chi connectivity index (χ4v) is 2.15. The van der Waals surface area contributed by atoms with Crippen LogP contribution >= 0.6 is 11.6 Å². The molecule has 0 fully saturated rings. The third-order valence-corrected chi connectivity index (χ3v) is 3.20.